The molecule has 0 saturated carbocycles. The molecule has 4 rings (SSSR count). The van der Waals surface area contributed by atoms with Crippen LogP contribution in [0.25, 0.3) is 21.7 Å². The van der Waals surface area contributed by atoms with Gasteiger partial charge in [0.2, 0.25) is 0 Å². The normalized spacial score (nSPS) is 17.1. The molecule has 4 heteroatoms. The number of aromatic hydroxyl groups is 2. The summed E-state index contributed by atoms with van der Waals surface area (Å²) in [5.74, 6) is -0.595. The molecular weight excluding hydrogens is 292 g/mol. The van der Waals surface area contributed by atoms with E-state index in [0.717, 1.165) is 6.42 Å². The van der Waals surface area contributed by atoms with E-state index in [-0.39, 0.29) is 22.8 Å². The zero-order chi connectivity index (χ0) is 16.0. The topological polar surface area (TPSA) is 70.7 Å². The number of phenols is 2. The van der Waals surface area contributed by atoms with Crippen LogP contribution in [0.4, 0.5) is 0 Å². The highest BCUT2D eigenvalue weighted by Gasteiger charge is 2.19. The second-order valence-electron chi connectivity index (χ2n) is 5.65. The third kappa shape index (κ3) is 2.03. The van der Waals surface area contributed by atoms with Crippen LogP contribution in [0, 0.1) is 0 Å². The van der Waals surface area contributed by atoms with Gasteiger partial charge in [0.1, 0.15) is 5.58 Å². The number of hydrogen-bond acceptors (Lipinski definition) is 4. The molecule has 4 nitrogen and oxygen atoms in total. The summed E-state index contributed by atoms with van der Waals surface area (Å²) in [6, 6.07) is 6.53. The minimum absolute atomic E-state index is 0.0460. The molecule has 0 saturated heterocycles. The van der Waals surface area contributed by atoms with Gasteiger partial charge < -0.3 is 14.6 Å². The predicted octanol–water partition coefficient (Wildman–Crippen LogP) is 3.96. The van der Waals surface area contributed by atoms with Crippen LogP contribution in [-0.2, 0) is 0 Å². The summed E-state index contributed by atoms with van der Waals surface area (Å²) in [7, 11) is 0. The van der Waals surface area contributed by atoms with Crippen molar-refractivity contribution in [2.24, 2.45) is 0 Å². The zero-order valence-corrected chi connectivity index (χ0v) is 12.2. The lowest BCUT2D eigenvalue weighted by atomic mass is 9.92. The van der Waals surface area contributed by atoms with Gasteiger partial charge in [0.25, 0.3) is 0 Å². The molecule has 0 fully saturated rings. The minimum Gasteiger partial charge on any atom is -0.504 e. The highest BCUT2D eigenvalue weighted by Crippen LogP contribution is 2.37. The summed E-state index contributed by atoms with van der Waals surface area (Å²) in [6.45, 7) is 0. The quantitative estimate of drug-likeness (QED) is 0.527. The van der Waals surface area contributed by atoms with E-state index in [1.165, 1.54) is 12.3 Å². The second kappa shape index (κ2) is 5.02. The number of benzene rings is 2. The molecule has 1 heterocycles. The van der Waals surface area contributed by atoms with Crippen molar-refractivity contribution < 1.29 is 14.6 Å². The van der Waals surface area contributed by atoms with Crippen molar-refractivity contribution in [3.05, 3.63) is 70.6 Å². The largest absolute Gasteiger partial charge is 0.504 e. The van der Waals surface area contributed by atoms with Gasteiger partial charge in [-0.3, -0.25) is 4.79 Å². The van der Waals surface area contributed by atoms with Crippen molar-refractivity contribution >= 4 is 21.7 Å². The molecule has 1 aliphatic rings. The zero-order valence-electron chi connectivity index (χ0n) is 12.2. The predicted molar refractivity (Wildman–Crippen MR) is 89.0 cm³/mol. The Morgan fingerprint density at radius 3 is 2.65 bits per heavy atom. The Morgan fingerprint density at radius 2 is 1.87 bits per heavy atom. The third-order valence-corrected chi connectivity index (χ3v) is 4.28. The molecule has 1 atom stereocenters. The van der Waals surface area contributed by atoms with Gasteiger partial charge in [-0.1, -0.05) is 36.4 Å². The summed E-state index contributed by atoms with van der Waals surface area (Å²) in [6.07, 6.45) is 10.0. The molecule has 0 amide bonds. The molecule has 0 spiro atoms. The molecule has 0 bridgehead atoms. The van der Waals surface area contributed by atoms with Crippen LogP contribution in [0.15, 0.2) is 64.0 Å². The average Bonchev–Trinajstić information content (AvgIpc) is 2.59. The lowest BCUT2D eigenvalue weighted by molar-refractivity contribution is 0.408. The maximum absolute atomic E-state index is 13.0. The average molecular weight is 306 g/mol. The van der Waals surface area contributed by atoms with Crippen LogP contribution in [0.2, 0.25) is 0 Å². The number of allylic oxidation sites excluding steroid dienone is 4. The van der Waals surface area contributed by atoms with Crippen molar-refractivity contribution in [3.63, 3.8) is 0 Å². The summed E-state index contributed by atoms with van der Waals surface area (Å²) in [5, 5.41) is 21.3. The van der Waals surface area contributed by atoms with Crippen molar-refractivity contribution in [1.82, 2.24) is 0 Å². The summed E-state index contributed by atoms with van der Waals surface area (Å²) in [5.41, 5.74) is 0.763. The monoisotopic (exact) mass is 306 g/mol. The Labute approximate surface area is 131 Å². The Hall–Kier alpha value is -3.01. The Morgan fingerprint density at radius 1 is 1.04 bits per heavy atom. The highest BCUT2D eigenvalue weighted by molar-refractivity contribution is 6.09. The Bertz CT molecular complexity index is 1040. The Balaban J connectivity index is 2.11. The minimum atomic E-state index is -0.295. The van der Waals surface area contributed by atoms with E-state index in [0.29, 0.717) is 27.3 Å². The fourth-order valence-electron chi connectivity index (χ4n) is 3.08. The first-order valence-electron chi connectivity index (χ1n) is 7.39. The van der Waals surface area contributed by atoms with Gasteiger partial charge in [0, 0.05) is 16.9 Å². The van der Waals surface area contributed by atoms with E-state index >= 15 is 0 Å². The van der Waals surface area contributed by atoms with Gasteiger partial charge in [-0.15, -0.1) is 0 Å². The third-order valence-electron chi connectivity index (χ3n) is 4.28. The number of fused-ring (bicyclic) bond motifs is 3. The van der Waals surface area contributed by atoms with Gasteiger partial charge in [0.15, 0.2) is 16.9 Å². The van der Waals surface area contributed by atoms with Crippen LogP contribution in [-0.4, -0.2) is 10.2 Å². The van der Waals surface area contributed by atoms with Crippen LogP contribution in [0.1, 0.15) is 17.9 Å². The van der Waals surface area contributed by atoms with E-state index in [4.69, 9.17) is 4.42 Å². The number of hydrogen-bond donors (Lipinski definition) is 2. The fraction of sp³-hybridized carbons (Fsp3) is 0.105. The molecular formula is C19H14O4. The second-order valence-corrected chi connectivity index (χ2v) is 5.65. The molecule has 114 valence electrons. The standard InChI is InChI=1S/C19H14O4/c20-14-8-6-12-7-9-15-17(16(12)19(14)22)18(21)13(10-23-15)11-4-2-1-3-5-11/h1-4,6-11,20,22H,5H2. The van der Waals surface area contributed by atoms with Crippen LogP contribution in [0.5, 0.6) is 11.5 Å². The summed E-state index contributed by atoms with van der Waals surface area (Å²) >= 11 is 0. The number of rotatable bonds is 1. The highest BCUT2D eigenvalue weighted by atomic mass is 16.3. The van der Waals surface area contributed by atoms with E-state index in [1.54, 1.807) is 18.2 Å². The van der Waals surface area contributed by atoms with E-state index in [2.05, 4.69) is 0 Å². The van der Waals surface area contributed by atoms with Crippen molar-refractivity contribution in [1.29, 1.82) is 0 Å². The van der Waals surface area contributed by atoms with E-state index < -0.39 is 0 Å². The first-order valence-corrected chi connectivity index (χ1v) is 7.39. The van der Waals surface area contributed by atoms with Gasteiger partial charge in [-0.2, -0.15) is 0 Å². The summed E-state index contributed by atoms with van der Waals surface area (Å²) < 4.78 is 5.63. The van der Waals surface area contributed by atoms with Crippen LogP contribution < -0.4 is 5.43 Å². The lowest BCUT2D eigenvalue weighted by Gasteiger charge is -2.13. The number of phenolic OH excluding ortho intramolecular Hbond substituents is 2. The molecule has 0 radical (unpaired) electrons. The molecule has 1 aromatic heterocycles. The smallest absolute Gasteiger partial charge is 0.197 e. The van der Waals surface area contributed by atoms with E-state index in [1.807, 2.05) is 24.3 Å². The molecule has 2 N–H and O–H groups in total. The summed E-state index contributed by atoms with van der Waals surface area (Å²) in [4.78, 5) is 13.0. The van der Waals surface area contributed by atoms with Crippen molar-refractivity contribution in [2.75, 3.05) is 0 Å². The Kier molecular flexibility index (Phi) is 2.98. The molecule has 23 heavy (non-hydrogen) atoms. The van der Waals surface area contributed by atoms with Gasteiger partial charge in [-0.05, 0) is 23.9 Å². The van der Waals surface area contributed by atoms with Crippen LogP contribution in [0.3, 0.4) is 0 Å². The van der Waals surface area contributed by atoms with Gasteiger partial charge >= 0.3 is 0 Å². The molecule has 0 aliphatic heterocycles. The maximum Gasteiger partial charge on any atom is 0.197 e. The van der Waals surface area contributed by atoms with E-state index in [9.17, 15) is 15.0 Å². The molecule has 1 unspecified atom stereocenters. The fourth-order valence-corrected chi connectivity index (χ4v) is 3.08. The SMILES string of the molecule is O=c1c(C2C=CC=CC2)coc2ccc3ccc(O)c(O)c3c12. The van der Waals surface area contributed by atoms with Crippen LogP contribution >= 0.6 is 0 Å². The maximum atomic E-state index is 13.0. The first kappa shape index (κ1) is 13.6. The first-order chi connectivity index (χ1) is 11.2. The molecule has 1 aliphatic carbocycles. The molecule has 3 aromatic rings. The molecule has 2 aromatic carbocycles. The van der Waals surface area contributed by atoms with Gasteiger partial charge in [0.05, 0.1) is 11.6 Å². The van der Waals surface area contributed by atoms with Gasteiger partial charge in [-0.25, -0.2) is 0 Å². The van der Waals surface area contributed by atoms with Crippen molar-refractivity contribution in [3.8, 4) is 11.5 Å². The van der Waals surface area contributed by atoms with Crippen molar-refractivity contribution in [2.45, 2.75) is 12.3 Å². The lowest BCUT2D eigenvalue weighted by Crippen LogP contribution is -2.13.